The van der Waals surface area contributed by atoms with Gasteiger partial charge < -0.3 is 140 Å². The van der Waals surface area contributed by atoms with E-state index in [1.807, 2.05) is 0 Å². The third kappa shape index (κ3) is 90.5. The van der Waals surface area contributed by atoms with Crippen molar-refractivity contribution < 1.29 is 165 Å². The van der Waals surface area contributed by atoms with Crippen LogP contribution in [0, 0.1) is 0 Å². The summed E-state index contributed by atoms with van der Waals surface area (Å²) in [6.45, 7) is 77.1. The first-order chi connectivity index (χ1) is 57.2. The van der Waals surface area contributed by atoms with Crippen molar-refractivity contribution in [2.24, 2.45) is 0 Å². The number of likely N-dealkylation sites (tertiary alicyclic amines) is 12. The Balaban J connectivity index is -0.000000304. The molecule has 12 aliphatic heterocycles. The minimum atomic E-state index is -5.64. The first-order valence-electron chi connectivity index (χ1n) is 47.5. The lowest BCUT2D eigenvalue weighted by Crippen LogP contribution is -2.40. The first-order valence-corrected chi connectivity index (χ1v) is 56.1. The second-order valence-electron chi connectivity index (χ2n) is 39.7. The number of halogens is 6. The Hall–Kier alpha value is -0.0000000000000000555. The summed E-state index contributed by atoms with van der Waals surface area (Å²) in [5.41, 5.74) is 0. The molecule has 768 valence electrons. The van der Waals surface area contributed by atoms with E-state index in [1.165, 1.54) is 444 Å². The van der Waals surface area contributed by atoms with Gasteiger partial charge in [-0.25, -0.2) is 25.2 Å². The number of hydrogen-bond donors (Lipinski definition) is 0. The Morgan fingerprint density at radius 1 is 0.143 bits per heavy atom. The minimum Gasteiger partial charge on any atom is -0.786 e. The van der Waals surface area contributed by atoms with Crippen molar-refractivity contribution >= 4 is 47.4 Å². The van der Waals surface area contributed by atoms with E-state index in [2.05, 4.69) is 168 Å². The van der Waals surface area contributed by atoms with Gasteiger partial charge in [-0.15, -0.1) is 0 Å². The maximum absolute atomic E-state index is 10.1. The molecule has 0 radical (unpaired) electrons. The fraction of sp³-hybridized carbons (Fsp3) is 1.00. The van der Waals surface area contributed by atoms with Crippen molar-refractivity contribution in [1.29, 1.82) is 0 Å². The molecule has 0 aromatic carbocycles. The van der Waals surface area contributed by atoms with Gasteiger partial charge in [0.25, 0.3) is 0 Å². The Bertz CT molecular complexity index is 2260. The lowest BCUT2D eigenvalue weighted by atomic mass is 10.4. The molecule has 0 aromatic heterocycles. The molecule has 30 nitrogen and oxygen atoms in total. The molecule has 0 spiro atoms. The molecular weight excluding hydrogens is 1760 g/mol. The van der Waals surface area contributed by atoms with E-state index in [0.29, 0.717) is 0 Å². The Morgan fingerprint density at radius 2 is 0.175 bits per heavy atom. The summed E-state index contributed by atoms with van der Waals surface area (Å²) >= 11 is 0. The normalized spacial score (nSPS) is 22.8. The van der Waals surface area contributed by atoms with Gasteiger partial charge in [0.1, 0.15) is 47.4 Å². The van der Waals surface area contributed by atoms with E-state index >= 15 is 0 Å². The second-order valence-corrected chi connectivity index (χ2v) is 44.8. The maximum atomic E-state index is 10.1. The van der Waals surface area contributed by atoms with Crippen molar-refractivity contribution in [3.05, 3.63) is 0 Å². The molecule has 12 heterocycles. The molecule has 0 amide bonds. The van der Waals surface area contributed by atoms with Crippen LogP contribution in [-0.4, -0.2) is 374 Å². The summed E-state index contributed by atoms with van der Waals surface area (Å²) in [6.07, 6.45) is 34.8. The van der Waals surface area contributed by atoms with E-state index in [-0.39, 0.29) is 0 Å². The Labute approximate surface area is 766 Å². The average molecular weight is 1960 g/mol. The van der Waals surface area contributed by atoms with Crippen molar-refractivity contribution in [3.8, 4) is 0 Å². The standard InChI is InChI=1S/12C7H16N.6FH2O3P/c12*1-3-8(2)6-4-5-7-8;6*1-5(2,3)4/h12*3-7H2,1-2H3;6*(H2,2,3,4)/q12*+1;;;;;;/p-12. The highest BCUT2D eigenvalue weighted by molar-refractivity contribution is 7.43. The lowest BCUT2D eigenvalue weighted by molar-refractivity contribution is -0.895. The van der Waals surface area contributed by atoms with Gasteiger partial charge in [0.2, 0.25) is 0 Å². The summed E-state index contributed by atoms with van der Waals surface area (Å²) in [7, 11) is -5.58. The summed E-state index contributed by atoms with van der Waals surface area (Å²) in [4.78, 5) is 101. The quantitative estimate of drug-likeness (QED) is 0.103. The predicted octanol–water partition coefficient (Wildman–Crippen LogP) is 7.67. The molecule has 0 atom stereocenters. The van der Waals surface area contributed by atoms with Crippen LogP contribution in [-0.2, 0) is 27.4 Å². The van der Waals surface area contributed by atoms with Gasteiger partial charge in [0.15, 0.2) is 0 Å². The van der Waals surface area contributed by atoms with Gasteiger partial charge in [0, 0.05) is 154 Å². The fourth-order valence-corrected chi connectivity index (χ4v) is 17.0. The van der Waals surface area contributed by atoms with Gasteiger partial charge in [-0.2, -0.15) is 0 Å². The van der Waals surface area contributed by atoms with Gasteiger partial charge in [-0.3, -0.25) is 0 Å². The van der Waals surface area contributed by atoms with Crippen LogP contribution in [0.25, 0.3) is 0 Å². The van der Waals surface area contributed by atoms with Crippen LogP contribution in [0.5, 0.6) is 0 Å². The Kier molecular flexibility index (Phi) is 73.9. The number of hydrogen-bond acceptors (Lipinski definition) is 18. The van der Waals surface area contributed by atoms with Crippen LogP contribution in [0.4, 0.5) is 25.2 Å². The Morgan fingerprint density at radius 3 is 0.190 bits per heavy atom. The zero-order valence-electron chi connectivity index (χ0n) is 84.1. The van der Waals surface area contributed by atoms with Gasteiger partial charge in [-0.05, 0) is 83.1 Å². The molecule has 12 aliphatic rings. The lowest BCUT2D eigenvalue weighted by Gasteiger charge is -2.26. The highest BCUT2D eigenvalue weighted by atomic mass is 31.2. The van der Waals surface area contributed by atoms with E-state index in [1.54, 1.807) is 0 Å². The third-order valence-electron chi connectivity index (χ3n) is 28.9. The summed E-state index contributed by atoms with van der Waals surface area (Å²) < 4.78 is 127. The topological polar surface area (TPSA) is 379 Å². The van der Waals surface area contributed by atoms with Gasteiger partial charge in [-0.1, -0.05) is 0 Å². The molecule has 42 heteroatoms. The van der Waals surface area contributed by atoms with Crippen molar-refractivity contribution in [3.63, 3.8) is 0 Å². The highest BCUT2D eigenvalue weighted by Gasteiger charge is 2.31. The zero-order chi connectivity index (χ0) is 99.4. The molecule has 0 bridgehead atoms. The van der Waals surface area contributed by atoms with Gasteiger partial charge in [0.05, 0.1) is 320 Å². The monoisotopic (exact) mass is 1960 g/mol. The predicted molar refractivity (Wildman–Crippen MR) is 481 cm³/mol. The van der Waals surface area contributed by atoms with Crippen LogP contribution in [0.1, 0.15) is 237 Å². The molecular formula is C84H192F6N12O18P6. The number of nitrogens with zero attached hydrogens (tertiary/aromatic N) is 12. The molecule has 126 heavy (non-hydrogen) atoms. The van der Waals surface area contributed by atoms with Crippen LogP contribution >= 0.6 is 47.4 Å². The third-order valence-corrected chi connectivity index (χ3v) is 28.9. The molecule has 0 unspecified atom stereocenters. The molecule has 0 aliphatic carbocycles. The number of rotatable bonds is 12. The first kappa shape index (κ1) is 137. The molecule has 0 saturated carbocycles. The highest BCUT2D eigenvalue weighted by Crippen LogP contribution is 2.27. The van der Waals surface area contributed by atoms with Crippen LogP contribution in [0.15, 0.2) is 0 Å². The van der Waals surface area contributed by atoms with Crippen molar-refractivity contribution in [1.82, 2.24) is 0 Å². The smallest absolute Gasteiger partial charge is 0.110 e. The van der Waals surface area contributed by atoms with E-state index in [4.69, 9.17) is 86.1 Å². The SMILES string of the molecule is CC[N+]1(C)CCCC1.CC[N+]1(C)CCCC1.CC[N+]1(C)CCCC1.CC[N+]1(C)CCCC1.CC[N+]1(C)CCCC1.CC[N+]1(C)CCCC1.CC[N+]1(C)CCCC1.CC[N+]1(C)CCCC1.CC[N+]1(C)CCCC1.CC[N+]1(C)CCCC1.CC[N+]1(C)CCCC1.CC[N+]1(C)CCCC1.O=P([O-])([O-])F.O=P([O-])([O-])F.O=P([O-])([O-])F.O=P([O-])([O-])F.O=P([O-])([O-])F.O=P([O-])([O-])F. The second kappa shape index (κ2) is 68.1. The van der Waals surface area contributed by atoms with Crippen molar-refractivity contribution in [2.75, 3.05) is 320 Å². The molecule has 12 rings (SSSR count). The zero-order valence-corrected chi connectivity index (χ0v) is 89.5. The van der Waals surface area contributed by atoms with Crippen LogP contribution < -0.4 is 58.7 Å². The average Bonchev–Trinajstić information content (AvgIpc) is 1.85. The number of quaternary nitrogens is 12. The summed E-state index contributed by atoms with van der Waals surface area (Å²) in [5, 5.41) is 0. The van der Waals surface area contributed by atoms with Gasteiger partial charge >= 0.3 is 0 Å². The molecule has 12 fully saturated rings. The van der Waals surface area contributed by atoms with E-state index < -0.39 is 47.4 Å². The summed E-state index contributed by atoms with van der Waals surface area (Å²) in [6, 6.07) is 0. The van der Waals surface area contributed by atoms with E-state index in [9.17, 15) is 25.2 Å². The summed E-state index contributed by atoms with van der Waals surface area (Å²) in [5.74, 6) is 0. The van der Waals surface area contributed by atoms with Crippen molar-refractivity contribution in [2.45, 2.75) is 237 Å². The largest absolute Gasteiger partial charge is 0.786 e. The molecule has 0 aromatic rings. The van der Waals surface area contributed by atoms with E-state index in [0.717, 1.165) is 0 Å². The molecule has 12 saturated heterocycles. The maximum Gasteiger partial charge on any atom is 0.110 e. The van der Waals surface area contributed by atoms with Crippen LogP contribution in [0.2, 0.25) is 0 Å². The molecule has 0 N–H and O–H groups in total. The van der Waals surface area contributed by atoms with Crippen LogP contribution in [0.3, 0.4) is 0 Å². The minimum absolute atomic E-state index is 1.32. The fourth-order valence-electron chi connectivity index (χ4n) is 17.0.